The summed E-state index contributed by atoms with van der Waals surface area (Å²) in [5.74, 6) is 0.971. The normalized spacial score (nSPS) is 24.8. The average molecular weight is 472 g/mol. The van der Waals surface area contributed by atoms with E-state index in [2.05, 4.69) is 4.74 Å². The Bertz CT molecular complexity index is 813. The number of hydrogen-bond donors (Lipinski definition) is 7. The summed E-state index contributed by atoms with van der Waals surface area (Å²) >= 11 is 0. The van der Waals surface area contributed by atoms with Gasteiger partial charge in [-0.1, -0.05) is 24.3 Å². The fourth-order valence-electron chi connectivity index (χ4n) is 3.06. The number of phenolic OH excluding ortho intramolecular Hbond substituents is 1. The maximum absolute atomic E-state index is 9.80. The SMILES string of the molecule is OCCOCCOCCOc1ccc(O)c2ccccc12.OC[C@H]1OC(O)[C@H](O)[C@@H](O)[C@H]1O. The molecule has 0 aromatic heterocycles. The van der Waals surface area contributed by atoms with Gasteiger partial charge in [-0.3, -0.25) is 0 Å². The molecule has 11 heteroatoms. The van der Waals surface area contributed by atoms with Crippen LogP contribution in [0.25, 0.3) is 10.8 Å². The first-order valence-electron chi connectivity index (χ1n) is 10.5. The van der Waals surface area contributed by atoms with E-state index in [9.17, 15) is 5.11 Å². The van der Waals surface area contributed by atoms with Crippen LogP contribution in [-0.2, 0) is 14.2 Å². The third-order valence-corrected chi connectivity index (χ3v) is 4.82. The van der Waals surface area contributed by atoms with Gasteiger partial charge in [0, 0.05) is 10.8 Å². The molecule has 0 spiro atoms. The molecular weight excluding hydrogens is 440 g/mol. The zero-order valence-corrected chi connectivity index (χ0v) is 18.1. The van der Waals surface area contributed by atoms with Crippen molar-refractivity contribution >= 4 is 10.8 Å². The van der Waals surface area contributed by atoms with Crippen molar-refractivity contribution in [2.75, 3.05) is 46.2 Å². The second-order valence-electron chi connectivity index (χ2n) is 7.14. The van der Waals surface area contributed by atoms with Crippen LogP contribution in [0, 0.1) is 0 Å². The van der Waals surface area contributed by atoms with E-state index in [1.165, 1.54) is 0 Å². The number of benzene rings is 2. The minimum absolute atomic E-state index is 0.0248. The summed E-state index contributed by atoms with van der Waals surface area (Å²) < 4.78 is 20.7. The molecule has 0 bridgehead atoms. The molecule has 5 atom stereocenters. The summed E-state index contributed by atoms with van der Waals surface area (Å²) in [6.45, 7) is 1.65. The highest BCUT2D eigenvalue weighted by atomic mass is 16.6. The largest absolute Gasteiger partial charge is 0.507 e. The van der Waals surface area contributed by atoms with E-state index in [1.807, 2.05) is 24.3 Å². The fourth-order valence-corrected chi connectivity index (χ4v) is 3.06. The zero-order chi connectivity index (χ0) is 24.2. The quantitative estimate of drug-likeness (QED) is 0.205. The maximum atomic E-state index is 9.80. The van der Waals surface area contributed by atoms with Gasteiger partial charge in [0.05, 0.1) is 39.6 Å². The summed E-state index contributed by atoms with van der Waals surface area (Å²) in [6, 6.07) is 10.9. The number of aliphatic hydroxyl groups excluding tert-OH is 6. The Morgan fingerprint density at radius 1 is 0.727 bits per heavy atom. The van der Waals surface area contributed by atoms with Crippen molar-refractivity contribution in [1.82, 2.24) is 0 Å². The van der Waals surface area contributed by atoms with Crippen molar-refractivity contribution in [2.24, 2.45) is 0 Å². The van der Waals surface area contributed by atoms with Gasteiger partial charge in [-0.15, -0.1) is 0 Å². The summed E-state index contributed by atoms with van der Waals surface area (Å²) in [5, 5.41) is 64.6. The molecule has 1 aliphatic heterocycles. The Hall–Kier alpha value is -2.06. The number of ether oxygens (including phenoxy) is 4. The summed E-state index contributed by atoms with van der Waals surface area (Å²) in [7, 11) is 0. The number of aliphatic hydroxyl groups is 6. The lowest BCUT2D eigenvalue weighted by Gasteiger charge is -2.37. The third-order valence-electron chi connectivity index (χ3n) is 4.82. The molecule has 0 amide bonds. The van der Waals surface area contributed by atoms with E-state index in [-0.39, 0.29) is 12.4 Å². The first kappa shape index (κ1) is 27.2. The predicted octanol–water partition coefficient (Wildman–Crippen LogP) is -1.27. The molecule has 0 radical (unpaired) electrons. The van der Waals surface area contributed by atoms with Crippen molar-refractivity contribution in [3.8, 4) is 11.5 Å². The van der Waals surface area contributed by atoms with Gasteiger partial charge in [0.1, 0.15) is 42.5 Å². The van der Waals surface area contributed by atoms with Gasteiger partial charge in [-0.05, 0) is 12.1 Å². The van der Waals surface area contributed by atoms with Gasteiger partial charge < -0.3 is 54.7 Å². The van der Waals surface area contributed by atoms with Gasteiger partial charge in [0.25, 0.3) is 0 Å². The second-order valence-corrected chi connectivity index (χ2v) is 7.14. The molecule has 0 aliphatic carbocycles. The number of rotatable bonds is 10. The molecule has 3 rings (SSSR count). The predicted molar refractivity (Wildman–Crippen MR) is 116 cm³/mol. The fraction of sp³-hybridized carbons (Fsp3) is 0.545. The van der Waals surface area contributed by atoms with Crippen LogP contribution < -0.4 is 4.74 Å². The number of hydrogen-bond acceptors (Lipinski definition) is 11. The van der Waals surface area contributed by atoms with Crippen LogP contribution in [0.3, 0.4) is 0 Å². The van der Waals surface area contributed by atoms with Gasteiger partial charge in [0.2, 0.25) is 0 Å². The van der Waals surface area contributed by atoms with Gasteiger partial charge in [0.15, 0.2) is 6.29 Å². The molecule has 7 N–H and O–H groups in total. The van der Waals surface area contributed by atoms with Crippen LogP contribution in [0.2, 0.25) is 0 Å². The summed E-state index contributed by atoms with van der Waals surface area (Å²) in [4.78, 5) is 0. The van der Waals surface area contributed by atoms with Crippen LogP contribution in [0.5, 0.6) is 11.5 Å². The third kappa shape index (κ3) is 8.03. The molecule has 1 saturated heterocycles. The lowest BCUT2D eigenvalue weighted by atomic mass is 10.00. The highest BCUT2D eigenvalue weighted by Gasteiger charge is 2.42. The van der Waals surface area contributed by atoms with Crippen LogP contribution in [0.15, 0.2) is 36.4 Å². The second kappa shape index (κ2) is 14.3. The lowest BCUT2D eigenvalue weighted by Crippen LogP contribution is -2.58. The maximum Gasteiger partial charge on any atom is 0.184 e. The van der Waals surface area contributed by atoms with Crippen molar-refractivity contribution in [2.45, 2.75) is 30.7 Å². The Morgan fingerprint density at radius 3 is 2.03 bits per heavy atom. The molecule has 186 valence electrons. The van der Waals surface area contributed by atoms with Crippen molar-refractivity contribution < 1.29 is 54.7 Å². The molecule has 2 aromatic carbocycles. The molecule has 1 heterocycles. The minimum atomic E-state index is -1.57. The van der Waals surface area contributed by atoms with Crippen LogP contribution in [-0.4, -0.2) is 113 Å². The van der Waals surface area contributed by atoms with E-state index in [1.54, 1.807) is 12.1 Å². The Balaban J connectivity index is 0.000000273. The molecular formula is C22H32O11. The number of fused-ring (bicyclic) bond motifs is 1. The minimum Gasteiger partial charge on any atom is -0.507 e. The van der Waals surface area contributed by atoms with Crippen LogP contribution >= 0.6 is 0 Å². The van der Waals surface area contributed by atoms with E-state index in [0.717, 1.165) is 16.5 Å². The van der Waals surface area contributed by atoms with E-state index in [4.69, 9.17) is 44.8 Å². The topological polar surface area (TPSA) is 179 Å². The average Bonchev–Trinajstić information content (AvgIpc) is 2.83. The van der Waals surface area contributed by atoms with Crippen LogP contribution in [0.4, 0.5) is 0 Å². The number of aromatic hydroxyl groups is 1. The smallest absolute Gasteiger partial charge is 0.184 e. The Kier molecular flexibility index (Phi) is 11.7. The zero-order valence-electron chi connectivity index (χ0n) is 18.1. The van der Waals surface area contributed by atoms with Crippen molar-refractivity contribution in [3.05, 3.63) is 36.4 Å². The first-order valence-corrected chi connectivity index (χ1v) is 10.5. The van der Waals surface area contributed by atoms with Crippen LogP contribution in [0.1, 0.15) is 0 Å². The van der Waals surface area contributed by atoms with Crippen molar-refractivity contribution in [3.63, 3.8) is 0 Å². The summed E-state index contributed by atoms with van der Waals surface area (Å²) in [5.41, 5.74) is 0. The summed E-state index contributed by atoms with van der Waals surface area (Å²) in [6.07, 6.45) is -7.04. The monoisotopic (exact) mass is 472 g/mol. The molecule has 33 heavy (non-hydrogen) atoms. The van der Waals surface area contributed by atoms with E-state index in [0.29, 0.717) is 33.0 Å². The molecule has 0 saturated carbocycles. The molecule has 1 fully saturated rings. The van der Waals surface area contributed by atoms with Gasteiger partial charge in [-0.25, -0.2) is 0 Å². The van der Waals surface area contributed by atoms with E-state index >= 15 is 0 Å². The molecule has 11 nitrogen and oxygen atoms in total. The van der Waals surface area contributed by atoms with Gasteiger partial charge in [-0.2, -0.15) is 0 Å². The highest BCUT2D eigenvalue weighted by Crippen LogP contribution is 2.32. The first-order chi connectivity index (χ1) is 15.9. The van der Waals surface area contributed by atoms with E-state index < -0.39 is 37.3 Å². The number of phenols is 1. The lowest BCUT2D eigenvalue weighted by molar-refractivity contribution is -0.286. The highest BCUT2D eigenvalue weighted by molar-refractivity contribution is 5.92. The van der Waals surface area contributed by atoms with Gasteiger partial charge >= 0.3 is 0 Å². The Labute approximate surface area is 191 Å². The van der Waals surface area contributed by atoms with Crippen molar-refractivity contribution in [1.29, 1.82) is 0 Å². The molecule has 2 aromatic rings. The standard InChI is InChI=1S/C16H20O5.C6H12O6/c17-7-8-19-9-10-20-11-12-21-16-6-5-15(18)13-3-1-2-4-14(13)16;7-1-2-3(8)4(9)5(10)6(11)12-2/h1-6,17-18H,7-12H2;2-11H,1H2/t;2-,3+,4+,5-,6?/m.1/s1. The Morgan fingerprint density at radius 2 is 1.36 bits per heavy atom. The molecule has 1 unspecified atom stereocenters. The molecule has 1 aliphatic rings.